The first-order chi connectivity index (χ1) is 19.8. The predicted molar refractivity (Wildman–Crippen MR) is 160 cm³/mol. The number of halogens is 1. The fraction of sp³-hybridized carbons (Fsp3) is 0.281. The molecular formula is C32H31FN4O3S. The summed E-state index contributed by atoms with van der Waals surface area (Å²) in [5.74, 6) is 6.22. The first kappa shape index (κ1) is 28.3. The second-order valence-electron chi connectivity index (χ2n) is 10.0. The first-order valence-electron chi connectivity index (χ1n) is 13.5. The van der Waals surface area contributed by atoms with Crippen molar-refractivity contribution in [3.8, 4) is 23.3 Å². The summed E-state index contributed by atoms with van der Waals surface area (Å²) >= 11 is 1.53. The molecule has 2 heterocycles. The normalized spacial score (nSPS) is 13.5. The first-order valence-corrected chi connectivity index (χ1v) is 14.4. The number of amides is 2. The van der Waals surface area contributed by atoms with Gasteiger partial charge in [-0.15, -0.1) is 11.3 Å². The highest BCUT2D eigenvalue weighted by Gasteiger charge is 2.57. The van der Waals surface area contributed by atoms with E-state index in [9.17, 15) is 14.0 Å². The SMILES string of the molecule is CCN(CC)CC#Cc1cc2nccc(Oc3ccc(N(C(=O)C4(C(N)=O)CC4)c4ccc(F)cc4)c(C)c3)c2s1. The van der Waals surface area contributed by atoms with E-state index in [0.717, 1.165) is 33.7 Å². The smallest absolute Gasteiger partial charge is 0.247 e. The summed E-state index contributed by atoms with van der Waals surface area (Å²) in [6.07, 6.45) is 2.48. The van der Waals surface area contributed by atoms with Gasteiger partial charge in [-0.05, 0) is 86.9 Å². The third kappa shape index (κ3) is 5.80. The summed E-state index contributed by atoms with van der Waals surface area (Å²) in [7, 11) is 0. The number of rotatable bonds is 9. The van der Waals surface area contributed by atoms with E-state index in [0.29, 0.717) is 42.3 Å². The largest absolute Gasteiger partial charge is 0.456 e. The molecule has 0 atom stereocenters. The lowest BCUT2D eigenvalue weighted by molar-refractivity contribution is -0.133. The van der Waals surface area contributed by atoms with Gasteiger partial charge in [0.1, 0.15) is 22.7 Å². The number of hydrogen-bond donors (Lipinski definition) is 1. The molecule has 7 nitrogen and oxygen atoms in total. The molecule has 2 amide bonds. The van der Waals surface area contributed by atoms with E-state index in [2.05, 4.69) is 35.6 Å². The highest BCUT2D eigenvalue weighted by atomic mass is 32.1. The molecule has 2 aromatic carbocycles. The monoisotopic (exact) mass is 570 g/mol. The highest BCUT2D eigenvalue weighted by molar-refractivity contribution is 7.19. The quantitative estimate of drug-likeness (QED) is 0.192. The summed E-state index contributed by atoms with van der Waals surface area (Å²) in [5, 5.41) is 0. The number of primary amides is 1. The molecule has 0 bridgehead atoms. The van der Waals surface area contributed by atoms with E-state index < -0.39 is 23.0 Å². The van der Waals surface area contributed by atoms with Gasteiger partial charge in [-0.2, -0.15) is 0 Å². The van der Waals surface area contributed by atoms with E-state index >= 15 is 0 Å². The fourth-order valence-electron chi connectivity index (χ4n) is 4.67. The minimum atomic E-state index is -1.25. The minimum Gasteiger partial charge on any atom is -0.456 e. The van der Waals surface area contributed by atoms with Crippen molar-refractivity contribution >= 4 is 44.7 Å². The van der Waals surface area contributed by atoms with Crippen LogP contribution in [-0.4, -0.2) is 41.3 Å². The molecule has 0 spiro atoms. The van der Waals surface area contributed by atoms with E-state index in [1.807, 2.05) is 25.1 Å². The Morgan fingerprint density at radius 3 is 2.46 bits per heavy atom. The number of thiophene rings is 1. The maximum atomic E-state index is 13.7. The summed E-state index contributed by atoms with van der Waals surface area (Å²) in [6.45, 7) is 8.72. The van der Waals surface area contributed by atoms with Gasteiger partial charge in [0.05, 0.1) is 27.3 Å². The van der Waals surface area contributed by atoms with Crippen molar-refractivity contribution in [2.24, 2.45) is 11.1 Å². The molecule has 0 radical (unpaired) electrons. The molecule has 1 aliphatic carbocycles. The molecule has 4 aromatic rings. The Morgan fingerprint density at radius 1 is 1.10 bits per heavy atom. The van der Waals surface area contributed by atoms with E-state index in [-0.39, 0.29) is 0 Å². The van der Waals surface area contributed by atoms with E-state index in [1.165, 1.54) is 40.5 Å². The van der Waals surface area contributed by atoms with Crippen LogP contribution in [0.25, 0.3) is 10.2 Å². The zero-order chi connectivity index (χ0) is 29.1. The molecule has 2 N–H and O–H groups in total. The molecule has 0 unspecified atom stereocenters. The van der Waals surface area contributed by atoms with Crippen molar-refractivity contribution in [2.45, 2.75) is 33.6 Å². The fourth-order valence-corrected chi connectivity index (χ4v) is 5.61. The Hall–Kier alpha value is -4.26. The Balaban J connectivity index is 1.44. The second-order valence-corrected chi connectivity index (χ2v) is 11.1. The molecule has 41 heavy (non-hydrogen) atoms. The van der Waals surface area contributed by atoms with Crippen LogP contribution in [-0.2, 0) is 9.59 Å². The third-order valence-corrected chi connectivity index (χ3v) is 8.39. The molecule has 2 aromatic heterocycles. The lowest BCUT2D eigenvalue weighted by atomic mass is 10.0. The Kier molecular flexibility index (Phi) is 8.06. The van der Waals surface area contributed by atoms with Gasteiger partial charge in [-0.1, -0.05) is 25.7 Å². The van der Waals surface area contributed by atoms with E-state index in [1.54, 1.807) is 18.3 Å². The summed E-state index contributed by atoms with van der Waals surface area (Å²) in [6, 6.07) is 14.7. The predicted octanol–water partition coefficient (Wildman–Crippen LogP) is 6.16. The van der Waals surface area contributed by atoms with Gasteiger partial charge in [0.25, 0.3) is 0 Å². The number of benzene rings is 2. The van der Waals surface area contributed by atoms with Gasteiger partial charge in [-0.3, -0.25) is 24.4 Å². The number of anilines is 2. The number of hydrogen-bond acceptors (Lipinski definition) is 6. The molecule has 1 fully saturated rings. The van der Waals surface area contributed by atoms with Crippen LogP contribution in [0.4, 0.5) is 15.8 Å². The Morgan fingerprint density at radius 2 is 1.83 bits per heavy atom. The van der Waals surface area contributed by atoms with Gasteiger partial charge in [-0.25, -0.2) is 4.39 Å². The average Bonchev–Trinajstić information content (AvgIpc) is 3.67. The zero-order valence-corrected chi connectivity index (χ0v) is 24.1. The number of pyridine rings is 1. The maximum absolute atomic E-state index is 13.7. The van der Waals surface area contributed by atoms with Crippen LogP contribution in [0.3, 0.4) is 0 Å². The maximum Gasteiger partial charge on any atom is 0.247 e. The minimum absolute atomic E-state index is 0.389. The molecule has 1 aliphatic rings. The number of aromatic nitrogens is 1. The van der Waals surface area contributed by atoms with Crippen molar-refractivity contribution < 1.29 is 18.7 Å². The van der Waals surface area contributed by atoms with Gasteiger partial charge in [0.15, 0.2) is 0 Å². The van der Waals surface area contributed by atoms with Crippen molar-refractivity contribution in [3.63, 3.8) is 0 Å². The van der Waals surface area contributed by atoms with Gasteiger partial charge in [0.2, 0.25) is 11.8 Å². The van der Waals surface area contributed by atoms with Crippen LogP contribution in [0.5, 0.6) is 11.5 Å². The molecule has 5 rings (SSSR count). The molecule has 210 valence electrons. The van der Waals surface area contributed by atoms with Gasteiger partial charge in [0, 0.05) is 18.0 Å². The topological polar surface area (TPSA) is 88.8 Å². The van der Waals surface area contributed by atoms with Gasteiger partial charge >= 0.3 is 0 Å². The van der Waals surface area contributed by atoms with Gasteiger partial charge < -0.3 is 10.5 Å². The van der Waals surface area contributed by atoms with Crippen molar-refractivity contribution in [2.75, 3.05) is 24.5 Å². The zero-order valence-electron chi connectivity index (χ0n) is 23.2. The number of fused-ring (bicyclic) bond motifs is 1. The summed E-state index contributed by atoms with van der Waals surface area (Å²) < 4.78 is 20.9. The molecule has 0 aliphatic heterocycles. The van der Waals surface area contributed by atoms with Crippen LogP contribution in [0, 0.1) is 30.0 Å². The standard InChI is InChI=1S/C32H31FN4O3S/c1-4-36(5-2)18-6-7-25-20-26-29(41-25)28(14-17-35-26)40-24-12-13-27(21(3)19-24)37(23-10-8-22(33)9-11-23)31(39)32(15-16-32)30(34)38/h8-14,17,19-20H,4-5,15-16,18H2,1-3H3,(H2,34,38). The molecule has 9 heteroatoms. The van der Waals surface area contributed by atoms with Crippen LogP contribution >= 0.6 is 11.3 Å². The van der Waals surface area contributed by atoms with Crippen molar-refractivity contribution in [1.29, 1.82) is 0 Å². The number of aryl methyl sites for hydroxylation is 1. The third-order valence-electron chi connectivity index (χ3n) is 7.34. The Labute approximate surface area is 242 Å². The van der Waals surface area contributed by atoms with Crippen molar-refractivity contribution in [1.82, 2.24) is 9.88 Å². The van der Waals surface area contributed by atoms with Crippen molar-refractivity contribution in [3.05, 3.63) is 77.1 Å². The molecule has 0 saturated heterocycles. The number of carbonyl (C=O) groups excluding carboxylic acids is 2. The lowest BCUT2D eigenvalue weighted by Gasteiger charge is -2.28. The average molecular weight is 571 g/mol. The summed E-state index contributed by atoms with van der Waals surface area (Å²) in [4.78, 5) is 34.9. The number of nitrogens with two attached hydrogens (primary N) is 1. The second kappa shape index (κ2) is 11.7. The lowest BCUT2D eigenvalue weighted by Crippen LogP contribution is -2.41. The molecular weight excluding hydrogens is 539 g/mol. The van der Waals surface area contributed by atoms with Crippen LogP contribution < -0.4 is 15.4 Å². The van der Waals surface area contributed by atoms with Crippen LogP contribution in [0.15, 0.2) is 60.8 Å². The van der Waals surface area contributed by atoms with E-state index in [4.69, 9.17) is 10.5 Å². The van der Waals surface area contributed by atoms with Crippen LogP contribution in [0.1, 0.15) is 37.1 Å². The van der Waals surface area contributed by atoms with Crippen LogP contribution in [0.2, 0.25) is 0 Å². The Bertz CT molecular complexity index is 1660. The highest BCUT2D eigenvalue weighted by Crippen LogP contribution is 2.49. The number of ether oxygens (including phenoxy) is 1. The number of carbonyl (C=O) groups is 2. The molecule has 1 saturated carbocycles. The summed E-state index contributed by atoms with van der Waals surface area (Å²) in [5.41, 5.74) is 6.92. The number of nitrogens with zero attached hydrogens (tertiary/aromatic N) is 3.